The molecule has 10 heteroatoms. The molecule has 0 radical (unpaired) electrons. The van der Waals surface area contributed by atoms with Gasteiger partial charge in [0.1, 0.15) is 5.82 Å². The number of thiophene rings is 1. The molecule has 0 fully saturated rings. The molecule has 1 atom stereocenters. The Labute approximate surface area is 160 Å². The first-order valence-corrected chi connectivity index (χ1v) is 11.5. The fraction of sp³-hybridized carbons (Fsp3) is 0.0588. The molecule has 0 aliphatic rings. The van der Waals surface area contributed by atoms with E-state index in [0.717, 1.165) is 29.1 Å². The zero-order valence-electron chi connectivity index (χ0n) is 13.7. The highest BCUT2D eigenvalue weighted by Gasteiger charge is 2.24. The number of sulfonamides is 2. The largest absolute Gasteiger partial charge is 0.241 e. The lowest BCUT2D eigenvalue weighted by Gasteiger charge is -2.18. The number of halogens is 1. The van der Waals surface area contributed by atoms with Gasteiger partial charge in [-0.05, 0) is 53.4 Å². The Kier molecular flexibility index (Phi) is 5.45. The zero-order chi connectivity index (χ0) is 19.7. The zero-order valence-corrected chi connectivity index (χ0v) is 16.2. The first-order chi connectivity index (χ1) is 12.7. The van der Waals surface area contributed by atoms with Crippen LogP contribution in [0, 0.1) is 5.82 Å². The third kappa shape index (κ3) is 4.60. The van der Waals surface area contributed by atoms with Crippen molar-refractivity contribution in [2.24, 2.45) is 5.14 Å². The molecule has 0 amide bonds. The van der Waals surface area contributed by atoms with Crippen molar-refractivity contribution in [3.05, 3.63) is 82.3 Å². The predicted octanol–water partition coefficient (Wildman–Crippen LogP) is 2.60. The lowest BCUT2D eigenvalue weighted by Crippen LogP contribution is -2.29. The van der Waals surface area contributed by atoms with E-state index in [9.17, 15) is 21.2 Å². The predicted molar refractivity (Wildman–Crippen MR) is 101 cm³/mol. The van der Waals surface area contributed by atoms with Gasteiger partial charge < -0.3 is 0 Å². The summed E-state index contributed by atoms with van der Waals surface area (Å²) in [5.41, 5.74) is 0.573. The molecular formula is C17H15FN2O4S3. The highest BCUT2D eigenvalue weighted by molar-refractivity contribution is 7.89. The summed E-state index contributed by atoms with van der Waals surface area (Å²) in [5.74, 6) is -0.426. The van der Waals surface area contributed by atoms with Crippen molar-refractivity contribution in [2.75, 3.05) is 0 Å². The maximum atomic E-state index is 13.2. The van der Waals surface area contributed by atoms with Crippen LogP contribution in [0.3, 0.4) is 0 Å². The van der Waals surface area contributed by atoms with E-state index in [2.05, 4.69) is 4.72 Å². The molecule has 1 heterocycles. The number of hydrogen-bond acceptors (Lipinski definition) is 5. The molecule has 0 bridgehead atoms. The molecule has 0 spiro atoms. The number of hydrogen-bond donors (Lipinski definition) is 2. The molecule has 27 heavy (non-hydrogen) atoms. The molecule has 0 saturated heterocycles. The van der Waals surface area contributed by atoms with Crippen LogP contribution >= 0.6 is 11.3 Å². The van der Waals surface area contributed by atoms with Crippen molar-refractivity contribution in [3.8, 4) is 0 Å². The molecule has 3 rings (SSSR count). The minimum absolute atomic E-state index is 0.112. The van der Waals surface area contributed by atoms with Gasteiger partial charge in [0.2, 0.25) is 20.0 Å². The van der Waals surface area contributed by atoms with E-state index < -0.39 is 31.9 Å². The van der Waals surface area contributed by atoms with Crippen molar-refractivity contribution in [3.63, 3.8) is 0 Å². The van der Waals surface area contributed by atoms with Crippen LogP contribution in [0.1, 0.15) is 16.5 Å². The SMILES string of the molecule is NS(=O)(=O)c1ccc(S(=O)(=O)NC(c2ccc(F)cc2)c2cccs2)cc1. The van der Waals surface area contributed by atoms with Gasteiger partial charge in [-0.25, -0.2) is 26.4 Å². The minimum atomic E-state index is -3.98. The summed E-state index contributed by atoms with van der Waals surface area (Å²) in [5, 5.41) is 6.83. The third-order valence-corrected chi connectivity index (χ3v) is 7.07. The molecule has 0 aliphatic carbocycles. The summed E-state index contributed by atoms with van der Waals surface area (Å²) in [7, 11) is -7.90. The Hall–Kier alpha value is -2.11. The van der Waals surface area contributed by atoms with Gasteiger partial charge in [-0.15, -0.1) is 11.3 Å². The second-order valence-electron chi connectivity index (χ2n) is 5.64. The lowest BCUT2D eigenvalue weighted by atomic mass is 10.1. The molecule has 2 aromatic carbocycles. The van der Waals surface area contributed by atoms with E-state index in [1.165, 1.54) is 35.6 Å². The second kappa shape index (κ2) is 7.49. The quantitative estimate of drug-likeness (QED) is 0.632. The summed E-state index contributed by atoms with van der Waals surface area (Å²) < 4.78 is 64.0. The van der Waals surface area contributed by atoms with Gasteiger partial charge in [-0.2, -0.15) is 4.72 Å². The molecule has 6 nitrogen and oxygen atoms in total. The molecule has 0 saturated carbocycles. The molecule has 1 aromatic heterocycles. The minimum Gasteiger partial charge on any atom is -0.225 e. The van der Waals surface area contributed by atoms with Gasteiger partial charge >= 0.3 is 0 Å². The number of benzene rings is 2. The van der Waals surface area contributed by atoms with Crippen LogP contribution in [-0.4, -0.2) is 16.8 Å². The first-order valence-electron chi connectivity index (χ1n) is 7.61. The lowest BCUT2D eigenvalue weighted by molar-refractivity contribution is 0.572. The Bertz CT molecular complexity index is 1130. The van der Waals surface area contributed by atoms with Gasteiger partial charge in [0, 0.05) is 4.88 Å². The van der Waals surface area contributed by atoms with Crippen molar-refractivity contribution >= 4 is 31.4 Å². The Morgan fingerprint density at radius 3 is 2.00 bits per heavy atom. The second-order valence-corrected chi connectivity index (χ2v) is 9.89. The van der Waals surface area contributed by atoms with Gasteiger partial charge in [-0.3, -0.25) is 0 Å². The van der Waals surface area contributed by atoms with Gasteiger partial charge in [-0.1, -0.05) is 18.2 Å². The monoisotopic (exact) mass is 426 g/mol. The van der Waals surface area contributed by atoms with E-state index in [0.29, 0.717) is 5.56 Å². The third-order valence-electron chi connectivity index (χ3n) is 3.77. The average molecular weight is 427 g/mol. The van der Waals surface area contributed by atoms with E-state index in [4.69, 9.17) is 5.14 Å². The van der Waals surface area contributed by atoms with Crippen molar-refractivity contribution < 1.29 is 21.2 Å². The summed E-state index contributed by atoms with van der Waals surface area (Å²) in [6, 6.07) is 12.9. The standard InChI is InChI=1S/C17H15FN2O4S3/c18-13-5-3-12(4-6-13)17(16-2-1-11-25-16)20-27(23,24)15-9-7-14(8-10-15)26(19,21)22/h1-11,17,20H,(H2,19,21,22). The summed E-state index contributed by atoms with van der Waals surface area (Å²) in [4.78, 5) is 0.430. The molecule has 0 aliphatic heterocycles. The van der Waals surface area contributed by atoms with Crippen LogP contribution in [0.4, 0.5) is 4.39 Å². The van der Waals surface area contributed by atoms with Crippen LogP contribution in [0.25, 0.3) is 0 Å². The number of primary sulfonamides is 1. The van der Waals surface area contributed by atoms with Crippen LogP contribution in [-0.2, 0) is 20.0 Å². The Balaban J connectivity index is 1.96. The number of nitrogens with one attached hydrogen (secondary N) is 1. The Morgan fingerprint density at radius 2 is 1.48 bits per heavy atom. The molecular weight excluding hydrogens is 411 g/mol. The van der Waals surface area contributed by atoms with Crippen molar-refractivity contribution in [1.29, 1.82) is 0 Å². The highest BCUT2D eigenvalue weighted by Crippen LogP contribution is 2.28. The molecule has 3 aromatic rings. The summed E-state index contributed by atoms with van der Waals surface area (Å²) in [6.45, 7) is 0. The topological polar surface area (TPSA) is 106 Å². The van der Waals surface area contributed by atoms with Crippen LogP contribution in [0.5, 0.6) is 0 Å². The fourth-order valence-electron chi connectivity index (χ4n) is 2.43. The maximum Gasteiger partial charge on any atom is 0.241 e. The van der Waals surface area contributed by atoms with Crippen LogP contribution in [0.2, 0.25) is 0 Å². The molecule has 3 N–H and O–H groups in total. The number of rotatable bonds is 6. The van der Waals surface area contributed by atoms with Gasteiger partial charge in [0.15, 0.2) is 0 Å². The van der Waals surface area contributed by atoms with E-state index in [1.807, 2.05) is 0 Å². The molecule has 1 unspecified atom stereocenters. The van der Waals surface area contributed by atoms with Crippen LogP contribution in [0.15, 0.2) is 75.8 Å². The van der Waals surface area contributed by atoms with Gasteiger partial charge in [0.05, 0.1) is 15.8 Å². The van der Waals surface area contributed by atoms with E-state index in [1.54, 1.807) is 17.5 Å². The normalized spacial score (nSPS) is 13.4. The summed E-state index contributed by atoms with van der Waals surface area (Å²) in [6.07, 6.45) is 0. The van der Waals surface area contributed by atoms with Crippen LogP contribution < -0.4 is 9.86 Å². The highest BCUT2D eigenvalue weighted by atomic mass is 32.2. The average Bonchev–Trinajstić information content (AvgIpc) is 3.14. The first kappa shape index (κ1) is 19.6. The fourth-order valence-corrected chi connectivity index (χ4v) is 5.03. The smallest absolute Gasteiger partial charge is 0.225 e. The van der Waals surface area contributed by atoms with Crippen molar-refractivity contribution in [2.45, 2.75) is 15.8 Å². The maximum absolute atomic E-state index is 13.2. The van der Waals surface area contributed by atoms with E-state index >= 15 is 0 Å². The summed E-state index contributed by atoms with van der Waals surface area (Å²) >= 11 is 1.36. The van der Waals surface area contributed by atoms with Gasteiger partial charge in [0.25, 0.3) is 0 Å². The Morgan fingerprint density at radius 1 is 0.889 bits per heavy atom. The molecule has 142 valence electrons. The number of nitrogens with two attached hydrogens (primary N) is 1. The van der Waals surface area contributed by atoms with Crippen molar-refractivity contribution in [1.82, 2.24) is 4.72 Å². The van der Waals surface area contributed by atoms with E-state index in [-0.39, 0.29) is 9.79 Å².